The van der Waals surface area contributed by atoms with Crippen molar-refractivity contribution in [3.05, 3.63) is 34.9 Å². The van der Waals surface area contributed by atoms with Gasteiger partial charge >= 0.3 is 0 Å². The molecular weight excluding hydrogens is 292 g/mol. The molecule has 126 valence electrons. The zero-order chi connectivity index (χ0) is 17.0. The Morgan fingerprint density at radius 3 is 2.35 bits per heavy atom. The summed E-state index contributed by atoms with van der Waals surface area (Å²) in [5.41, 5.74) is 3.56. The van der Waals surface area contributed by atoms with E-state index in [0.29, 0.717) is 6.54 Å². The third kappa shape index (κ3) is 5.36. The summed E-state index contributed by atoms with van der Waals surface area (Å²) in [4.78, 5) is 24.0. The topological polar surface area (TPSA) is 78.4 Å². The van der Waals surface area contributed by atoms with E-state index in [0.717, 1.165) is 19.3 Å². The lowest BCUT2D eigenvalue weighted by Gasteiger charge is -2.21. The van der Waals surface area contributed by atoms with Crippen LogP contribution in [0.3, 0.4) is 0 Å². The monoisotopic (exact) mass is 318 g/mol. The second kappa shape index (κ2) is 7.59. The van der Waals surface area contributed by atoms with Gasteiger partial charge in [0.25, 0.3) is 0 Å². The molecule has 1 saturated carbocycles. The number of nitrogens with one attached hydrogen (secondary N) is 2. The van der Waals surface area contributed by atoms with Crippen molar-refractivity contribution < 1.29 is 14.7 Å². The molecule has 0 aromatic heterocycles. The molecule has 0 saturated heterocycles. The minimum absolute atomic E-state index is 0.0133. The van der Waals surface area contributed by atoms with Crippen LogP contribution in [0.4, 0.5) is 0 Å². The predicted molar refractivity (Wildman–Crippen MR) is 89.0 cm³/mol. The van der Waals surface area contributed by atoms with Gasteiger partial charge in [-0.2, -0.15) is 0 Å². The molecule has 0 heterocycles. The highest BCUT2D eigenvalue weighted by Crippen LogP contribution is 2.28. The summed E-state index contributed by atoms with van der Waals surface area (Å²) in [6.07, 6.45) is 1.54. The van der Waals surface area contributed by atoms with Crippen molar-refractivity contribution in [3.63, 3.8) is 0 Å². The Hall–Kier alpha value is -1.88. The standard InChI is InChI=1S/C18H26N2O3/c1-11-8-12(2)10-14(9-11)6-7-19-18(23)16(13(3)21)20-17(22)15-4-5-15/h8-10,13,15-16,21H,4-7H2,1-3H3,(H,19,23)(H,20,22). The third-order valence-corrected chi connectivity index (χ3v) is 4.01. The molecule has 0 aliphatic heterocycles. The number of aliphatic hydroxyl groups is 1. The van der Waals surface area contributed by atoms with E-state index in [4.69, 9.17) is 0 Å². The Morgan fingerprint density at radius 2 is 1.83 bits per heavy atom. The van der Waals surface area contributed by atoms with Crippen molar-refractivity contribution in [2.24, 2.45) is 5.92 Å². The highest BCUT2D eigenvalue weighted by atomic mass is 16.3. The summed E-state index contributed by atoms with van der Waals surface area (Å²) in [6.45, 7) is 6.09. The number of amides is 2. The van der Waals surface area contributed by atoms with Crippen molar-refractivity contribution in [2.75, 3.05) is 6.54 Å². The van der Waals surface area contributed by atoms with Gasteiger partial charge in [0.15, 0.2) is 0 Å². The van der Waals surface area contributed by atoms with Crippen LogP contribution in [0, 0.1) is 19.8 Å². The Balaban J connectivity index is 1.84. The van der Waals surface area contributed by atoms with Crippen LogP contribution in [-0.2, 0) is 16.0 Å². The van der Waals surface area contributed by atoms with Crippen molar-refractivity contribution in [1.82, 2.24) is 10.6 Å². The number of aryl methyl sites for hydroxylation is 2. The molecule has 0 radical (unpaired) electrons. The molecule has 23 heavy (non-hydrogen) atoms. The lowest BCUT2D eigenvalue weighted by molar-refractivity contribution is -0.132. The summed E-state index contributed by atoms with van der Waals surface area (Å²) in [5.74, 6) is -0.460. The number of hydrogen-bond donors (Lipinski definition) is 3. The minimum atomic E-state index is -0.918. The molecule has 0 bridgehead atoms. The summed E-state index contributed by atoms with van der Waals surface area (Å²) < 4.78 is 0. The van der Waals surface area contributed by atoms with Crippen molar-refractivity contribution in [3.8, 4) is 0 Å². The Labute approximate surface area is 137 Å². The first-order valence-corrected chi connectivity index (χ1v) is 8.20. The third-order valence-electron chi connectivity index (χ3n) is 4.01. The van der Waals surface area contributed by atoms with Gasteiger partial charge in [0.1, 0.15) is 6.04 Å². The molecule has 1 fully saturated rings. The van der Waals surface area contributed by atoms with Crippen LogP contribution in [0.5, 0.6) is 0 Å². The molecule has 1 aromatic carbocycles. The van der Waals surface area contributed by atoms with Crippen LogP contribution in [0.1, 0.15) is 36.5 Å². The lowest BCUT2D eigenvalue weighted by Crippen LogP contribution is -2.53. The van der Waals surface area contributed by atoms with Gasteiger partial charge in [0.2, 0.25) is 11.8 Å². The largest absolute Gasteiger partial charge is 0.391 e. The highest BCUT2D eigenvalue weighted by molar-refractivity contribution is 5.89. The second-order valence-corrected chi connectivity index (χ2v) is 6.54. The first kappa shape index (κ1) is 17.5. The zero-order valence-corrected chi connectivity index (χ0v) is 14.1. The molecule has 2 unspecified atom stereocenters. The normalized spacial score (nSPS) is 16.5. The van der Waals surface area contributed by atoms with Crippen molar-refractivity contribution in [2.45, 2.75) is 52.2 Å². The molecule has 2 amide bonds. The van der Waals surface area contributed by atoms with Gasteiger partial charge in [0.05, 0.1) is 6.10 Å². The molecule has 1 aliphatic carbocycles. The second-order valence-electron chi connectivity index (χ2n) is 6.54. The number of benzene rings is 1. The lowest BCUT2D eigenvalue weighted by atomic mass is 10.0. The summed E-state index contributed by atoms with van der Waals surface area (Å²) in [7, 11) is 0. The van der Waals surface area contributed by atoms with E-state index in [1.807, 2.05) is 13.8 Å². The molecular formula is C18H26N2O3. The summed E-state index contributed by atoms with van der Waals surface area (Å²) in [6, 6.07) is 5.42. The van der Waals surface area contributed by atoms with E-state index in [2.05, 4.69) is 28.8 Å². The zero-order valence-electron chi connectivity index (χ0n) is 14.1. The van der Waals surface area contributed by atoms with Gasteiger partial charge in [0, 0.05) is 12.5 Å². The van der Waals surface area contributed by atoms with E-state index >= 15 is 0 Å². The Morgan fingerprint density at radius 1 is 1.22 bits per heavy atom. The van der Waals surface area contributed by atoms with E-state index in [-0.39, 0.29) is 17.7 Å². The maximum absolute atomic E-state index is 12.2. The van der Waals surface area contributed by atoms with Crippen LogP contribution in [0.25, 0.3) is 0 Å². The van der Waals surface area contributed by atoms with E-state index < -0.39 is 12.1 Å². The summed E-state index contributed by atoms with van der Waals surface area (Å²) in [5, 5.41) is 15.2. The SMILES string of the molecule is Cc1cc(C)cc(CCNC(=O)C(NC(=O)C2CC2)C(C)O)c1. The maximum Gasteiger partial charge on any atom is 0.245 e. The van der Waals surface area contributed by atoms with Crippen LogP contribution < -0.4 is 10.6 Å². The van der Waals surface area contributed by atoms with E-state index in [1.54, 1.807) is 0 Å². The molecule has 2 atom stereocenters. The number of carbonyl (C=O) groups excluding carboxylic acids is 2. The maximum atomic E-state index is 12.2. The van der Waals surface area contributed by atoms with Gasteiger partial charge in [-0.3, -0.25) is 9.59 Å². The van der Waals surface area contributed by atoms with Crippen LogP contribution in [0.2, 0.25) is 0 Å². The first-order chi connectivity index (χ1) is 10.9. The Kier molecular flexibility index (Phi) is 5.77. The molecule has 5 heteroatoms. The predicted octanol–water partition coefficient (Wildman–Crippen LogP) is 1.24. The fourth-order valence-electron chi connectivity index (χ4n) is 2.68. The van der Waals surface area contributed by atoms with Gasteiger partial charge in [-0.25, -0.2) is 0 Å². The smallest absolute Gasteiger partial charge is 0.245 e. The van der Waals surface area contributed by atoms with Gasteiger partial charge in [-0.15, -0.1) is 0 Å². The fraction of sp³-hybridized carbons (Fsp3) is 0.556. The van der Waals surface area contributed by atoms with Gasteiger partial charge in [-0.05, 0) is 45.6 Å². The minimum Gasteiger partial charge on any atom is -0.391 e. The van der Waals surface area contributed by atoms with Crippen LogP contribution in [-0.4, -0.2) is 35.6 Å². The van der Waals surface area contributed by atoms with Crippen molar-refractivity contribution in [1.29, 1.82) is 0 Å². The first-order valence-electron chi connectivity index (χ1n) is 8.20. The molecule has 2 rings (SSSR count). The van der Waals surface area contributed by atoms with E-state index in [9.17, 15) is 14.7 Å². The van der Waals surface area contributed by atoms with Gasteiger partial charge < -0.3 is 15.7 Å². The fourth-order valence-corrected chi connectivity index (χ4v) is 2.68. The average molecular weight is 318 g/mol. The molecule has 0 spiro atoms. The number of carbonyl (C=O) groups is 2. The number of aliphatic hydroxyl groups excluding tert-OH is 1. The molecule has 5 nitrogen and oxygen atoms in total. The van der Waals surface area contributed by atoms with E-state index in [1.165, 1.54) is 23.6 Å². The molecule has 1 aliphatic rings. The number of rotatable bonds is 7. The summed E-state index contributed by atoms with van der Waals surface area (Å²) >= 11 is 0. The molecule has 1 aromatic rings. The quantitative estimate of drug-likeness (QED) is 0.708. The van der Waals surface area contributed by atoms with Crippen LogP contribution >= 0.6 is 0 Å². The number of hydrogen-bond acceptors (Lipinski definition) is 3. The molecule has 3 N–H and O–H groups in total. The highest BCUT2D eigenvalue weighted by Gasteiger charge is 2.34. The van der Waals surface area contributed by atoms with Gasteiger partial charge in [-0.1, -0.05) is 29.3 Å². The average Bonchev–Trinajstić information content (AvgIpc) is 3.27. The Bertz CT molecular complexity index is 559. The van der Waals surface area contributed by atoms with Crippen molar-refractivity contribution >= 4 is 11.8 Å². The van der Waals surface area contributed by atoms with Crippen LogP contribution in [0.15, 0.2) is 18.2 Å².